The van der Waals surface area contributed by atoms with Gasteiger partial charge in [-0.2, -0.15) is 0 Å². The number of benzene rings is 2. The Balaban J connectivity index is 1.74. The van der Waals surface area contributed by atoms with Crippen LogP contribution >= 0.6 is 0 Å². The van der Waals surface area contributed by atoms with Crippen molar-refractivity contribution in [2.75, 3.05) is 6.54 Å². The fraction of sp³-hybridized carbons (Fsp3) is 0.316. The third-order valence-electron chi connectivity index (χ3n) is 4.58. The minimum Gasteiger partial charge on any atom is -0.507 e. The maximum absolute atomic E-state index is 13.4. The highest BCUT2D eigenvalue weighted by molar-refractivity contribution is 5.97. The van der Waals surface area contributed by atoms with Gasteiger partial charge in [0.05, 0.1) is 11.7 Å². The Morgan fingerprint density at radius 2 is 1.84 bits per heavy atom. The Hall–Kier alpha value is -2.47. The molecule has 2 aromatic rings. The molecule has 1 amide bonds. The van der Waals surface area contributed by atoms with Gasteiger partial charge in [-0.15, -0.1) is 0 Å². The first-order chi connectivity index (χ1) is 12.0. The van der Waals surface area contributed by atoms with Gasteiger partial charge in [0, 0.05) is 12.6 Å². The van der Waals surface area contributed by atoms with Crippen LogP contribution in [0.4, 0.5) is 8.78 Å². The lowest BCUT2D eigenvalue weighted by atomic mass is 10.00. The third kappa shape index (κ3) is 3.79. The summed E-state index contributed by atoms with van der Waals surface area (Å²) in [5.74, 6) is -1.69. The smallest absolute Gasteiger partial charge is 0.257 e. The number of aliphatic hydroxyl groups excluding tert-OH is 1. The van der Waals surface area contributed by atoms with Gasteiger partial charge in [-0.1, -0.05) is 12.1 Å². The van der Waals surface area contributed by atoms with Crippen LogP contribution in [-0.4, -0.2) is 33.6 Å². The quantitative estimate of drug-likeness (QED) is 0.891. The molecule has 2 atom stereocenters. The molecular formula is C19H19F2NO3. The van der Waals surface area contributed by atoms with Crippen molar-refractivity contribution in [1.82, 2.24) is 4.90 Å². The van der Waals surface area contributed by atoms with Crippen LogP contribution in [0.3, 0.4) is 0 Å². The predicted octanol–water partition coefficient (Wildman–Crippen LogP) is 3.40. The van der Waals surface area contributed by atoms with Crippen molar-refractivity contribution in [2.24, 2.45) is 0 Å². The second-order valence-corrected chi connectivity index (χ2v) is 6.26. The molecule has 1 fully saturated rings. The Morgan fingerprint density at radius 1 is 1.16 bits per heavy atom. The summed E-state index contributed by atoms with van der Waals surface area (Å²) >= 11 is 0. The van der Waals surface area contributed by atoms with Crippen molar-refractivity contribution < 1.29 is 23.8 Å². The largest absolute Gasteiger partial charge is 0.507 e. The zero-order valence-electron chi connectivity index (χ0n) is 13.5. The molecule has 0 aliphatic carbocycles. The fourth-order valence-corrected chi connectivity index (χ4v) is 3.26. The molecule has 0 bridgehead atoms. The Morgan fingerprint density at radius 3 is 2.56 bits per heavy atom. The molecule has 1 heterocycles. The van der Waals surface area contributed by atoms with Crippen molar-refractivity contribution in [3.8, 4) is 5.75 Å². The van der Waals surface area contributed by atoms with Gasteiger partial charge in [0.25, 0.3) is 5.91 Å². The molecule has 4 nitrogen and oxygen atoms in total. The number of phenols is 1. The molecule has 1 aliphatic rings. The lowest BCUT2D eigenvalue weighted by Crippen LogP contribution is -2.36. The van der Waals surface area contributed by atoms with Crippen LogP contribution < -0.4 is 0 Å². The molecule has 25 heavy (non-hydrogen) atoms. The molecule has 1 saturated heterocycles. The highest BCUT2D eigenvalue weighted by Crippen LogP contribution is 2.30. The van der Waals surface area contributed by atoms with Gasteiger partial charge in [-0.3, -0.25) is 4.79 Å². The number of halogens is 2. The molecular weight excluding hydrogens is 328 g/mol. The molecule has 0 saturated carbocycles. The van der Waals surface area contributed by atoms with Crippen LogP contribution in [-0.2, 0) is 0 Å². The van der Waals surface area contributed by atoms with E-state index in [0.29, 0.717) is 24.9 Å². The number of carbonyl (C=O) groups excluding carboxylic acids is 1. The van der Waals surface area contributed by atoms with E-state index >= 15 is 0 Å². The monoisotopic (exact) mass is 347 g/mol. The van der Waals surface area contributed by atoms with Gasteiger partial charge in [0.15, 0.2) is 0 Å². The molecule has 132 valence electrons. The molecule has 1 aliphatic heterocycles. The van der Waals surface area contributed by atoms with Crippen molar-refractivity contribution in [1.29, 1.82) is 0 Å². The molecule has 0 spiro atoms. The number of hydrogen-bond acceptors (Lipinski definition) is 3. The van der Waals surface area contributed by atoms with E-state index in [1.54, 1.807) is 4.90 Å². The van der Waals surface area contributed by atoms with E-state index in [4.69, 9.17) is 0 Å². The number of amides is 1. The minimum absolute atomic E-state index is 0.0804. The number of phenolic OH excluding ortho intramolecular Hbond substituents is 1. The number of aromatic hydroxyl groups is 1. The van der Waals surface area contributed by atoms with Crippen LogP contribution in [0.15, 0.2) is 42.5 Å². The van der Waals surface area contributed by atoms with Gasteiger partial charge >= 0.3 is 0 Å². The standard InChI is InChI=1S/C19H19F2NO3/c20-13-5-3-12(4-6-13)18(24)11-15-2-1-9-22(15)19(25)16-10-14(21)7-8-17(16)23/h3-8,10,15,18,23-24H,1-2,9,11H2. The second-order valence-electron chi connectivity index (χ2n) is 6.26. The van der Waals surface area contributed by atoms with Gasteiger partial charge in [-0.25, -0.2) is 8.78 Å². The van der Waals surface area contributed by atoms with E-state index in [2.05, 4.69) is 0 Å². The maximum atomic E-state index is 13.4. The van der Waals surface area contributed by atoms with Gasteiger partial charge in [0.2, 0.25) is 0 Å². The second kappa shape index (κ2) is 7.19. The Kier molecular flexibility index (Phi) is 4.99. The highest BCUT2D eigenvalue weighted by atomic mass is 19.1. The van der Waals surface area contributed by atoms with Crippen LogP contribution in [0.25, 0.3) is 0 Å². The van der Waals surface area contributed by atoms with Gasteiger partial charge in [-0.05, 0) is 55.2 Å². The molecule has 2 unspecified atom stereocenters. The van der Waals surface area contributed by atoms with E-state index in [1.807, 2.05) is 0 Å². The molecule has 0 radical (unpaired) electrons. The first kappa shape index (κ1) is 17.4. The number of carbonyl (C=O) groups is 1. The molecule has 3 rings (SSSR count). The van der Waals surface area contributed by atoms with E-state index in [-0.39, 0.29) is 23.2 Å². The van der Waals surface area contributed by atoms with E-state index < -0.39 is 17.8 Å². The normalized spacial score (nSPS) is 18.4. The highest BCUT2D eigenvalue weighted by Gasteiger charge is 2.32. The Bertz CT molecular complexity index is 764. The van der Waals surface area contributed by atoms with E-state index in [9.17, 15) is 23.8 Å². The SMILES string of the molecule is O=C(c1cc(F)ccc1O)N1CCCC1CC(O)c1ccc(F)cc1. The summed E-state index contributed by atoms with van der Waals surface area (Å²) in [7, 11) is 0. The summed E-state index contributed by atoms with van der Waals surface area (Å²) in [6, 6.07) is 8.62. The maximum Gasteiger partial charge on any atom is 0.257 e. The summed E-state index contributed by atoms with van der Waals surface area (Å²) in [6.07, 6.45) is 0.941. The summed E-state index contributed by atoms with van der Waals surface area (Å²) in [6.45, 7) is 0.482. The predicted molar refractivity (Wildman–Crippen MR) is 88.1 cm³/mol. The Labute approximate surface area is 144 Å². The first-order valence-corrected chi connectivity index (χ1v) is 8.18. The fourth-order valence-electron chi connectivity index (χ4n) is 3.26. The average molecular weight is 347 g/mol. The summed E-state index contributed by atoms with van der Waals surface area (Å²) in [5.41, 5.74) is 0.498. The van der Waals surface area contributed by atoms with E-state index in [1.165, 1.54) is 24.3 Å². The lowest BCUT2D eigenvalue weighted by molar-refractivity contribution is 0.0663. The first-order valence-electron chi connectivity index (χ1n) is 8.18. The average Bonchev–Trinajstić information content (AvgIpc) is 3.05. The van der Waals surface area contributed by atoms with Crippen LogP contribution in [0.1, 0.15) is 41.3 Å². The topological polar surface area (TPSA) is 60.8 Å². The van der Waals surface area contributed by atoms with Crippen molar-refractivity contribution >= 4 is 5.91 Å². The summed E-state index contributed by atoms with van der Waals surface area (Å²) in [4.78, 5) is 14.2. The van der Waals surface area contributed by atoms with Crippen molar-refractivity contribution in [3.63, 3.8) is 0 Å². The summed E-state index contributed by atoms with van der Waals surface area (Å²) < 4.78 is 26.4. The minimum atomic E-state index is -0.833. The number of likely N-dealkylation sites (tertiary alicyclic amines) is 1. The number of rotatable bonds is 4. The van der Waals surface area contributed by atoms with Gasteiger partial charge < -0.3 is 15.1 Å². The van der Waals surface area contributed by atoms with Gasteiger partial charge in [0.1, 0.15) is 17.4 Å². The number of hydrogen-bond donors (Lipinski definition) is 2. The zero-order chi connectivity index (χ0) is 18.0. The molecule has 2 N–H and O–H groups in total. The molecule has 0 aromatic heterocycles. The molecule has 2 aromatic carbocycles. The van der Waals surface area contributed by atoms with Crippen LogP contribution in [0, 0.1) is 11.6 Å². The van der Waals surface area contributed by atoms with Crippen molar-refractivity contribution in [3.05, 3.63) is 65.2 Å². The number of aliphatic hydroxyl groups is 1. The molecule has 6 heteroatoms. The number of nitrogens with zero attached hydrogens (tertiary/aromatic N) is 1. The lowest BCUT2D eigenvalue weighted by Gasteiger charge is -2.27. The summed E-state index contributed by atoms with van der Waals surface area (Å²) in [5, 5.41) is 20.2. The van der Waals surface area contributed by atoms with Crippen LogP contribution in [0.2, 0.25) is 0 Å². The van der Waals surface area contributed by atoms with E-state index in [0.717, 1.165) is 24.6 Å². The van der Waals surface area contributed by atoms with Crippen molar-refractivity contribution in [2.45, 2.75) is 31.4 Å². The van der Waals surface area contributed by atoms with Crippen LogP contribution in [0.5, 0.6) is 5.75 Å². The zero-order valence-corrected chi connectivity index (χ0v) is 13.5. The third-order valence-corrected chi connectivity index (χ3v) is 4.58.